The Morgan fingerprint density at radius 2 is 2.24 bits per heavy atom. The zero-order valence-electron chi connectivity index (χ0n) is 9.97. The Kier molecular flexibility index (Phi) is 2.84. The molecule has 0 aromatic carbocycles. The zero-order chi connectivity index (χ0) is 11.7. The van der Waals surface area contributed by atoms with Gasteiger partial charge < -0.3 is 16.0 Å². The van der Waals surface area contributed by atoms with Crippen molar-refractivity contribution in [1.29, 1.82) is 0 Å². The molecular formula is C12H19N5. The fourth-order valence-corrected chi connectivity index (χ4v) is 2.40. The summed E-state index contributed by atoms with van der Waals surface area (Å²) in [7, 11) is 0. The van der Waals surface area contributed by atoms with Crippen molar-refractivity contribution in [2.75, 3.05) is 23.3 Å². The van der Waals surface area contributed by atoms with Gasteiger partial charge >= 0.3 is 0 Å². The summed E-state index contributed by atoms with van der Waals surface area (Å²) in [5.41, 5.74) is 5.79. The summed E-state index contributed by atoms with van der Waals surface area (Å²) in [5, 5.41) is 3.40. The van der Waals surface area contributed by atoms with E-state index >= 15 is 0 Å². The monoisotopic (exact) mass is 233 g/mol. The van der Waals surface area contributed by atoms with Crippen LogP contribution in [0.1, 0.15) is 25.7 Å². The summed E-state index contributed by atoms with van der Waals surface area (Å²) in [4.78, 5) is 10.9. The molecule has 2 heterocycles. The number of nitrogens with zero attached hydrogens (tertiary/aromatic N) is 3. The standard InChI is InChI=1S/C12H19N5/c13-7-10-2-1-5-17(10)12-6-11(14-8-15-12)16-9-3-4-9/h6,8-10H,1-5,7,13H2,(H,14,15,16). The smallest absolute Gasteiger partial charge is 0.134 e. The van der Waals surface area contributed by atoms with Crippen LogP contribution in [0.25, 0.3) is 0 Å². The molecule has 1 aromatic heterocycles. The Labute approximate surface area is 101 Å². The molecule has 1 aromatic rings. The predicted molar refractivity (Wildman–Crippen MR) is 68.1 cm³/mol. The predicted octanol–water partition coefficient (Wildman–Crippen LogP) is 0.978. The number of aromatic nitrogens is 2. The van der Waals surface area contributed by atoms with E-state index in [9.17, 15) is 0 Å². The molecule has 5 nitrogen and oxygen atoms in total. The van der Waals surface area contributed by atoms with Gasteiger partial charge in [0, 0.05) is 31.2 Å². The van der Waals surface area contributed by atoms with Gasteiger partial charge in [0.15, 0.2) is 0 Å². The number of rotatable bonds is 4. The summed E-state index contributed by atoms with van der Waals surface area (Å²) in [6.07, 6.45) is 6.54. The van der Waals surface area contributed by atoms with Crippen molar-refractivity contribution in [2.45, 2.75) is 37.8 Å². The number of hydrogen-bond donors (Lipinski definition) is 2. The minimum atomic E-state index is 0.443. The second-order valence-electron chi connectivity index (χ2n) is 4.91. The van der Waals surface area contributed by atoms with Crippen molar-refractivity contribution < 1.29 is 0 Å². The van der Waals surface area contributed by atoms with Crippen molar-refractivity contribution in [1.82, 2.24) is 9.97 Å². The molecule has 1 unspecified atom stereocenters. The summed E-state index contributed by atoms with van der Waals surface area (Å²) in [5.74, 6) is 1.95. The highest BCUT2D eigenvalue weighted by molar-refractivity contribution is 5.50. The minimum Gasteiger partial charge on any atom is -0.367 e. The summed E-state index contributed by atoms with van der Waals surface area (Å²) >= 11 is 0. The molecule has 17 heavy (non-hydrogen) atoms. The van der Waals surface area contributed by atoms with E-state index in [4.69, 9.17) is 5.73 Å². The van der Waals surface area contributed by atoms with Crippen molar-refractivity contribution in [3.8, 4) is 0 Å². The lowest BCUT2D eigenvalue weighted by Gasteiger charge is -2.24. The highest BCUT2D eigenvalue weighted by atomic mass is 15.2. The lowest BCUT2D eigenvalue weighted by atomic mass is 10.2. The van der Waals surface area contributed by atoms with Gasteiger partial charge in [-0.3, -0.25) is 0 Å². The van der Waals surface area contributed by atoms with Gasteiger partial charge in [-0.1, -0.05) is 0 Å². The van der Waals surface area contributed by atoms with E-state index in [2.05, 4.69) is 20.2 Å². The number of hydrogen-bond acceptors (Lipinski definition) is 5. The summed E-state index contributed by atoms with van der Waals surface area (Å²) in [6.45, 7) is 1.76. The first-order chi connectivity index (χ1) is 8.36. The fraction of sp³-hybridized carbons (Fsp3) is 0.667. The second-order valence-corrected chi connectivity index (χ2v) is 4.91. The molecule has 1 saturated heterocycles. The molecule has 2 aliphatic rings. The van der Waals surface area contributed by atoms with Gasteiger partial charge in [-0.05, 0) is 25.7 Å². The molecule has 0 spiro atoms. The van der Waals surface area contributed by atoms with Crippen LogP contribution in [0.5, 0.6) is 0 Å². The maximum Gasteiger partial charge on any atom is 0.134 e. The van der Waals surface area contributed by atoms with Crippen LogP contribution < -0.4 is 16.0 Å². The SMILES string of the molecule is NCC1CCCN1c1cc(NC2CC2)ncn1. The van der Waals surface area contributed by atoms with Crippen LogP contribution in [0.3, 0.4) is 0 Å². The third-order valence-corrected chi connectivity index (χ3v) is 3.53. The summed E-state index contributed by atoms with van der Waals surface area (Å²) < 4.78 is 0. The highest BCUT2D eigenvalue weighted by Gasteiger charge is 2.25. The van der Waals surface area contributed by atoms with E-state index in [-0.39, 0.29) is 0 Å². The molecule has 2 fully saturated rings. The average molecular weight is 233 g/mol. The number of nitrogens with one attached hydrogen (secondary N) is 1. The minimum absolute atomic E-state index is 0.443. The van der Waals surface area contributed by atoms with Crippen molar-refractivity contribution >= 4 is 11.6 Å². The van der Waals surface area contributed by atoms with Crippen molar-refractivity contribution in [2.24, 2.45) is 5.73 Å². The molecule has 0 radical (unpaired) electrons. The van der Waals surface area contributed by atoms with E-state index in [1.807, 2.05) is 6.07 Å². The molecule has 0 bridgehead atoms. The Balaban J connectivity index is 1.76. The third kappa shape index (κ3) is 2.34. The van der Waals surface area contributed by atoms with E-state index in [1.165, 1.54) is 25.7 Å². The van der Waals surface area contributed by atoms with Gasteiger partial charge in [0.1, 0.15) is 18.0 Å². The Hall–Kier alpha value is -1.36. The maximum absolute atomic E-state index is 5.79. The van der Waals surface area contributed by atoms with Gasteiger partial charge in [0.05, 0.1) is 0 Å². The van der Waals surface area contributed by atoms with Crippen LogP contribution >= 0.6 is 0 Å². The third-order valence-electron chi connectivity index (χ3n) is 3.53. The van der Waals surface area contributed by atoms with Gasteiger partial charge in [-0.15, -0.1) is 0 Å². The first kappa shape index (κ1) is 10.8. The van der Waals surface area contributed by atoms with Crippen molar-refractivity contribution in [3.05, 3.63) is 12.4 Å². The lowest BCUT2D eigenvalue weighted by Crippen LogP contribution is -2.35. The molecule has 1 saturated carbocycles. The fourth-order valence-electron chi connectivity index (χ4n) is 2.40. The normalized spacial score (nSPS) is 24.1. The quantitative estimate of drug-likeness (QED) is 0.811. The molecule has 92 valence electrons. The first-order valence-corrected chi connectivity index (χ1v) is 6.42. The highest BCUT2D eigenvalue weighted by Crippen LogP contribution is 2.27. The first-order valence-electron chi connectivity index (χ1n) is 6.42. The zero-order valence-corrected chi connectivity index (χ0v) is 9.97. The molecule has 3 rings (SSSR count). The molecule has 0 amide bonds. The molecule has 1 aliphatic heterocycles. The average Bonchev–Trinajstić information content (AvgIpc) is 3.04. The Bertz CT molecular complexity index is 390. The molecule has 3 N–H and O–H groups in total. The van der Waals surface area contributed by atoms with Crippen LogP contribution in [0.15, 0.2) is 12.4 Å². The number of anilines is 2. The molecular weight excluding hydrogens is 214 g/mol. The summed E-state index contributed by atoms with van der Waals surface area (Å²) in [6, 6.07) is 3.12. The van der Waals surface area contributed by atoms with E-state index in [0.29, 0.717) is 18.6 Å². The number of nitrogens with two attached hydrogens (primary N) is 1. The maximum atomic E-state index is 5.79. The molecule has 5 heteroatoms. The topological polar surface area (TPSA) is 67.1 Å². The van der Waals surface area contributed by atoms with Gasteiger partial charge in [-0.2, -0.15) is 0 Å². The van der Waals surface area contributed by atoms with Gasteiger partial charge in [-0.25, -0.2) is 9.97 Å². The van der Waals surface area contributed by atoms with Crippen molar-refractivity contribution in [3.63, 3.8) is 0 Å². The largest absolute Gasteiger partial charge is 0.367 e. The van der Waals surface area contributed by atoms with Gasteiger partial charge in [0.2, 0.25) is 0 Å². The molecule has 1 atom stereocenters. The van der Waals surface area contributed by atoms with E-state index in [1.54, 1.807) is 6.33 Å². The van der Waals surface area contributed by atoms with Gasteiger partial charge in [0.25, 0.3) is 0 Å². The Morgan fingerprint density at radius 3 is 3.00 bits per heavy atom. The van der Waals surface area contributed by atoms with Crippen LogP contribution in [0.4, 0.5) is 11.6 Å². The van der Waals surface area contributed by atoms with Crippen LogP contribution in [-0.4, -0.2) is 35.1 Å². The van der Waals surface area contributed by atoms with Crippen LogP contribution in [0.2, 0.25) is 0 Å². The molecule has 1 aliphatic carbocycles. The van der Waals surface area contributed by atoms with Crippen LogP contribution in [0, 0.1) is 0 Å². The van der Waals surface area contributed by atoms with Crippen LogP contribution in [-0.2, 0) is 0 Å². The lowest BCUT2D eigenvalue weighted by molar-refractivity contribution is 0.671. The Morgan fingerprint density at radius 1 is 1.35 bits per heavy atom. The second kappa shape index (κ2) is 4.49. The van der Waals surface area contributed by atoms with E-state index in [0.717, 1.165) is 18.2 Å². The van der Waals surface area contributed by atoms with E-state index < -0.39 is 0 Å².